The van der Waals surface area contributed by atoms with E-state index in [4.69, 9.17) is 4.74 Å². The Hall–Kier alpha value is -2.67. The number of nitrogens with one attached hydrogen (secondary N) is 1. The molecule has 0 spiro atoms. The molecule has 2 aliphatic rings. The number of aromatic nitrogens is 2. The van der Waals surface area contributed by atoms with Crippen molar-refractivity contribution in [3.8, 4) is 0 Å². The molecule has 0 radical (unpaired) electrons. The molecule has 25 heavy (non-hydrogen) atoms. The maximum absolute atomic E-state index is 13.0. The molecule has 7 heteroatoms. The number of amides is 2. The van der Waals surface area contributed by atoms with Gasteiger partial charge in [-0.3, -0.25) is 14.3 Å². The third-order valence-corrected chi connectivity index (χ3v) is 4.84. The number of carbonyl (C=O) groups excluding carboxylic acids is 2. The van der Waals surface area contributed by atoms with Crippen molar-refractivity contribution in [3.63, 3.8) is 0 Å². The molecule has 0 saturated carbocycles. The Morgan fingerprint density at radius 2 is 2.12 bits per heavy atom. The number of fused-ring (bicyclic) bond motifs is 2. The van der Waals surface area contributed by atoms with Gasteiger partial charge in [0.2, 0.25) is 5.91 Å². The first-order valence-corrected chi connectivity index (χ1v) is 8.37. The van der Waals surface area contributed by atoms with Crippen molar-refractivity contribution < 1.29 is 14.3 Å². The lowest BCUT2D eigenvalue weighted by molar-refractivity contribution is -0.121. The SMILES string of the molecule is CNC(=O)CC1CN(C(=O)c2ccc3c(c2)COC3)Cc2ccnn21. The van der Waals surface area contributed by atoms with Crippen molar-refractivity contribution in [1.82, 2.24) is 20.0 Å². The second-order valence-electron chi connectivity index (χ2n) is 6.46. The van der Waals surface area contributed by atoms with Gasteiger partial charge in [-0.25, -0.2) is 0 Å². The van der Waals surface area contributed by atoms with Crippen molar-refractivity contribution in [2.75, 3.05) is 13.6 Å². The molecular weight excluding hydrogens is 320 g/mol. The number of nitrogens with zero attached hydrogens (tertiary/aromatic N) is 3. The molecule has 0 fully saturated rings. The number of rotatable bonds is 3. The number of ether oxygens (including phenoxy) is 1. The Kier molecular flexibility index (Phi) is 4.01. The van der Waals surface area contributed by atoms with E-state index >= 15 is 0 Å². The molecule has 3 heterocycles. The van der Waals surface area contributed by atoms with Crippen LogP contribution in [0.4, 0.5) is 0 Å². The van der Waals surface area contributed by atoms with Gasteiger partial charge in [0, 0.05) is 25.4 Å². The van der Waals surface area contributed by atoms with Gasteiger partial charge >= 0.3 is 0 Å². The van der Waals surface area contributed by atoms with Crippen molar-refractivity contribution in [1.29, 1.82) is 0 Å². The molecule has 130 valence electrons. The Morgan fingerprint density at radius 3 is 2.96 bits per heavy atom. The van der Waals surface area contributed by atoms with Crippen LogP contribution in [-0.4, -0.2) is 40.1 Å². The second kappa shape index (κ2) is 6.33. The van der Waals surface area contributed by atoms with Crippen LogP contribution in [0.3, 0.4) is 0 Å². The molecule has 2 aromatic rings. The monoisotopic (exact) mass is 340 g/mol. The Labute approximate surface area is 145 Å². The summed E-state index contributed by atoms with van der Waals surface area (Å²) in [6, 6.07) is 7.48. The van der Waals surface area contributed by atoms with Crippen molar-refractivity contribution in [2.24, 2.45) is 0 Å². The van der Waals surface area contributed by atoms with E-state index in [2.05, 4.69) is 10.4 Å². The van der Waals surface area contributed by atoms with Crippen LogP contribution in [0.5, 0.6) is 0 Å². The van der Waals surface area contributed by atoms with Crippen LogP contribution in [-0.2, 0) is 29.3 Å². The largest absolute Gasteiger partial charge is 0.372 e. The topological polar surface area (TPSA) is 76.5 Å². The average Bonchev–Trinajstić information content (AvgIpc) is 3.29. The van der Waals surface area contributed by atoms with E-state index in [-0.39, 0.29) is 17.9 Å². The summed E-state index contributed by atoms with van der Waals surface area (Å²) in [7, 11) is 1.62. The van der Waals surface area contributed by atoms with E-state index in [1.165, 1.54) is 0 Å². The normalized spacial score (nSPS) is 18.6. The van der Waals surface area contributed by atoms with Crippen LogP contribution < -0.4 is 5.32 Å². The maximum Gasteiger partial charge on any atom is 0.254 e. The minimum atomic E-state index is -0.152. The van der Waals surface area contributed by atoms with Crippen molar-refractivity contribution in [2.45, 2.75) is 32.2 Å². The first-order valence-electron chi connectivity index (χ1n) is 8.37. The summed E-state index contributed by atoms with van der Waals surface area (Å²) >= 11 is 0. The van der Waals surface area contributed by atoms with E-state index in [0.717, 1.165) is 16.8 Å². The van der Waals surface area contributed by atoms with Gasteiger partial charge in [-0.1, -0.05) is 6.07 Å². The lowest BCUT2D eigenvalue weighted by atomic mass is 10.0. The van der Waals surface area contributed by atoms with E-state index in [0.29, 0.717) is 38.3 Å². The molecule has 7 nitrogen and oxygen atoms in total. The van der Waals surface area contributed by atoms with Gasteiger partial charge in [-0.2, -0.15) is 5.10 Å². The smallest absolute Gasteiger partial charge is 0.254 e. The highest BCUT2D eigenvalue weighted by Crippen LogP contribution is 2.26. The Balaban J connectivity index is 1.58. The summed E-state index contributed by atoms with van der Waals surface area (Å²) in [5.41, 5.74) is 3.83. The predicted octanol–water partition coefficient (Wildman–Crippen LogP) is 1.25. The molecule has 1 aromatic carbocycles. The van der Waals surface area contributed by atoms with Gasteiger partial charge in [0.25, 0.3) is 5.91 Å². The first-order chi connectivity index (χ1) is 12.2. The zero-order chi connectivity index (χ0) is 17.4. The number of benzene rings is 1. The summed E-state index contributed by atoms with van der Waals surface area (Å²) in [4.78, 5) is 26.6. The number of carbonyl (C=O) groups is 2. The lowest BCUT2D eigenvalue weighted by Crippen LogP contribution is -2.42. The van der Waals surface area contributed by atoms with Crippen LogP contribution in [0.2, 0.25) is 0 Å². The minimum Gasteiger partial charge on any atom is -0.372 e. The fourth-order valence-corrected chi connectivity index (χ4v) is 3.50. The van der Waals surface area contributed by atoms with Crippen molar-refractivity contribution >= 4 is 11.8 Å². The van der Waals surface area contributed by atoms with E-state index in [1.54, 1.807) is 18.1 Å². The fraction of sp³-hybridized carbons (Fsp3) is 0.389. The summed E-state index contributed by atoms with van der Waals surface area (Å²) in [5.74, 6) is -0.0838. The Bertz CT molecular complexity index is 829. The highest BCUT2D eigenvalue weighted by molar-refractivity contribution is 5.94. The van der Waals surface area contributed by atoms with Crippen LogP contribution in [0.15, 0.2) is 30.5 Å². The number of hydrogen-bond donors (Lipinski definition) is 1. The third kappa shape index (κ3) is 2.91. The first kappa shape index (κ1) is 15.8. The van der Waals surface area contributed by atoms with E-state index in [1.807, 2.05) is 28.9 Å². The molecule has 1 unspecified atom stereocenters. The molecular formula is C18H20N4O3. The molecule has 1 atom stereocenters. The zero-order valence-electron chi connectivity index (χ0n) is 14.1. The lowest BCUT2D eigenvalue weighted by Gasteiger charge is -2.33. The van der Waals surface area contributed by atoms with Gasteiger partial charge in [-0.15, -0.1) is 0 Å². The maximum atomic E-state index is 13.0. The highest BCUT2D eigenvalue weighted by Gasteiger charge is 2.30. The van der Waals surface area contributed by atoms with Crippen LogP contribution in [0.1, 0.15) is 39.6 Å². The standard InChI is InChI=1S/C18H20N4O3/c1-19-17(23)7-16-9-21(8-15-4-5-20-22(15)16)18(24)12-2-3-13-10-25-11-14(13)6-12/h2-6,16H,7-11H2,1H3,(H,19,23). The predicted molar refractivity (Wildman–Crippen MR) is 89.6 cm³/mol. The van der Waals surface area contributed by atoms with Gasteiger partial charge in [0.15, 0.2) is 0 Å². The molecule has 4 rings (SSSR count). The summed E-state index contributed by atoms with van der Waals surface area (Å²) in [6.45, 7) is 2.13. The second-order valence-corrected chi connectivity index (χ2v) is 6.46. The van der Waals surface area contributed by atoms with Gasteiger partial charge in [0.1, 0.15) is 0 Å². The molecule has 0 saturated heterocycles. The van der Waals surface area contributed by atoms with Crippen molar-refractivity contribution in [3.05, 3.63) is 52.8 Å². The van der Waals surface area contributed by atoms with Gasteiger partial charge < -0.3 is 15.0 Å². The molecule has 1 N–H and O–H groups in total. The van der Waals surface area contributed by atoms with Gasteiger partial charge in [0.05, 0.1) is 37.9 Å². The summed E-state index contributed by atoms with van der Waals surface area (Å²) in [5, 5.41) is 6.96. The molecule has 0 aliphatic carbocycles. The molecule has 1 aromatic heterocycles. The molecule has 0 bridgehead atoms. The van der Waals surface area contributed by atoms with Crippen LogP contribution >= 0.6 is 0 Å². The fourth-order valence-electron chi connectivity index (χ4n) is 3.50. The summed E-state index contributed by atoms with van der Waals surface area (Å²) in [6.07, 6.45) is 2.01. The van der Waals surface area contributed by atoms with E-state index in [9.17, 15) is 9.59 Å². The van der Waals surface area contributed by atoms with Crippen LogP contribution in [0.25, 0.3) is 0 Å². The quantitative estimate of drug-likeness (QED) is 0.912. The summed E-state index contributed by atoms with van der Waals surface area (Å²) < 4.78 is 7.28. The molecule has 2 aliphatic heterocycles. The Morgan fingerprint density at radius 1 is 1.28 bits per heavy atom. The average molecular weight is 340 g/mol. The third-order valence-electron chi connectivity index (χ3n) is 4.84. The zero-order valence-corrected chi connectivity index (χ0v) is 14.1. The molecule has 2 amide bonds. The van der Waals surface area contributed by atoms with Crippen LogP contribution in [0, 0.1) is 0 Å². The van der Waals surface area contributed by atoms with Gasteiger partial charge in [-0.05, 0) is 29.3 Å². The highest BCUT2D eigenvalue weighted by atomic mass is 16.5. The number of hydrogen-bond acceptors (Lipinski definition) is 4. The minimum absolute atomic E-state index is 0.0240. The van der Waals surface area contributed by atoms with E-state index < -0.39 is 0 Å².